The molecule has 0 fully saturated rings. The normalized spacial score (nSPS) is 15.0. The van der Waals surface area contributed by atoms with E-state index in [1.165, 1.54) is 7.05 Å². The third-order valence-corrected chi connectivity index (χ3v) is 5.58. The highest BCUT2D eigenvalue weighted by atomic mass is 32.2. The summed E-state index contributed by atoms with van der Waals surface area (Å²) in [6.45, 7) is -0.138. The van der Waals surface area contributed by atoms with Crippen LogP contribution in [0.5, 0.6) is 0 Å². The van der Waals surface area contributed by atoms with Crippen LogP contribution in [0, 0.1) is 0 Å². The standard InChI is InChI=1S/C15H13N3O6S/c1-17-12-11(25(23,24)10(7-16-12)14(20)21)13(19)18(15(17)22)8-9-5-3-2-4-6-9/h2-7,16H,8H2,1H3,(H,20,21). The Bertz CT molecular complexity index is 1130. The number of fused-ring (bicyclic) bond motifs is 1. The van der Waals surface area contributed by atoms with Crippen molar-refractivity contribution >= 4 is 21.6 Å². The van der Waals surface area contributed by atoms with Crippen molar-refractivity contribution in [3.8, 4) is 0 Å². The van der Waals surface area contributed by atoms with Gasteiger partial charge < -0.3 is 10.4 Å². The zero-order chi connectivity index (χ0) is 18.4. The Balaban J connectivity index is 2.29. The number of carboxylic acid groups (broad SMARTS) is 1. The van der Waals surface area contributed by atoms with Crippen LogP contribution in [0.3, 0.4) is 0 Å². The molecule has 3 rings (SSSR count). The zero-order valence-corrected chi connectivity index (χ0v) is 13.8. The molecule has 2 aromatic rings. The highest BCUT2D eigenvalue weighted by Crippen LogP contribution is 2.27. The number of nitrogens with zero attached hydrogens (tertiary/aromatic N) is 2. The van der Waals surface area contributed by atoms with Crippen LogP contribution in [-0.2, 0) is 28.2 Å². The molecule has 0 unspecified atom stereocenters. The van der Waals surface area contributed by atoms with Crippen molar-refractivity contribution in [2.45, 2.75) is 11.4 Å². The summed E-state index contributed by atoms with van der Waals surface area (Å²) in [6.07, 6.45) is 0.750. The molecule has 1 aliphatic heterocycles. The third-order valence-electron chi connectivity index (χ3n) is 3.80. The first-order chi connectivity index (χ1) is 11.7. The molecule has 1 aliphatic rings. The van der Waals surface area contributed by atoms with E-state index >= 15 is 0 Å². The smallest absolute Gasteiger partial charge is 0.349 e. The second-order valence-corrected chi connectivity index (χ2v) is 7.21. The first-order valence-electron chi connectivity index (χ1n) is 7.08. The Kier molecular flexibility index (Phi) is 3.84. The number of carbonyl (C=O) groups is 1. The van der Waals surface area contributed by atoms with Gasteiger partial charge in [0.05, 0.1) is 6.54 Å². The molecule has 2 heterocycles. The van der Waals surface area contributed by atoms with E-state index in [4.69, 9.17) is 5.11 Å². The second kappa shape index (κ2) is 5.74. The van der Waals surface area contributed by atoms with Crippen molar-refractivity contribution in [1.82, 2.24) is 9.13 Å². The molecular weight excluding hydrogens is 350 g/mol. The number of sulfone groups is 1. The molecule has 0 bridgehead atoms. The van der Waals surface area contributed by atoms with Gasteiger partial charge in [-0.3, -0.25) is 13.9 Å². The Labute approximate surface area is 141 Å². The SMILES string of the molecule is Cn1c2c(c(=O)n(Cc3ccccc3)c1=O)S(=O)(=O)C(C(=O)O)=CN2. The second-order valence-electron chi connectivity index (χ2n) is 5.36. The van der Waals surface area contributed by atoms with Crippen molar-refractivity contribution < 1.29 is 18.3 Å². The molecule has 0 atom stereocenters. The summed E-state index contributed by atoms with van der Waals surface area (Å²) in [7, 11) is -3.26. The fraction of sp³-hybridized carbons (Fsp3) is 0.133. The maximum atomic E-state index is 12.7. The zero-order valence-electron chi connectivity index (χ0n) is 13.0. The van der Waals surface area contributed by atoms with Gasteiger partial charge >= 0.3 is 11.7 Å². The summed E-state index contributed by atoms with van der Waals surface area (Å²) in [5.41, 5.74) is -1.17. The maximum absolute atomic E-state index is 12.7. The molecule has 0 aliphatic carbocycles. The molecule has 0 amide bonds. The number of nitrogens with one attached hydrogen (secondary N) is 1. The molecule has 10 heteroatoms. The number of carboxylic acids is 1. The highest BCUT2D eigenvalue weighted by Gasteiger charge is 2.37. The Morgan fingerprint density at radius 3 is 2.44 bits per heavy atom. The number of benzene rings is 1. The fourth-order valence-corrected chi connectivity index (χ4v) is 4.00. The number of hydrogen-bond acceptors (Lipinski definition) is 6. The van der Waals surface area contributed by atoms with Crippen LogP contribution in [0.15, 0.2) is 55.9 Å². The molecule has 1 aromatic carbocycles. The molecule has 0 saturated heterocycles. The third kappa shape index (κ3) is 2.56. The van der Waals surface area contributed by atoms with E-state index < -0.39 is 36.9 Å². The summed E-state index contributed by atoms with van der Waals surface area (Å²) < 4.78 is 26.8. The van der Waals surface area contributed by atoms with Gasteiger partial charge in [-0.05, 0) is 5.56 Å². The topological polar surface area (TPSA) is 127 Å². The molecule has 0 radical (unpaired) electrons. The van der Waals surface area contributed by atoms with Crippen molar-refractivity contribution in [2.24, 2.45) is 7.05 Å². The number of anilines is 1. The lowest BCUT2D eigenvalue weighted by molar-refractivity contribution is -0.131. The van der Waals surface area contributed by atoms with Gasteiger partial charge in [0.1, 0.15) is 5.82 Å². The van der Waals surface area contributed by atoms with Crippen molar-refractivity contribution in [3.63, 3.8) is 0 Å². The number of rotatable bonds is 3. The van der Waals surface area contributed by atoms with Crippen LogP contribution in [0.2, 0.25) is 0 Å². The van der Waals surface area contributed by atoms with Crippen molar-refractivity contribution in [3.05, 3.63) is 67.8 Å². The van der Waals surface area contributed by atoms with E-state index in [0.717, 1.165) is 15.3 Å². The molecule has 0 spiro atoms. The first-order valence-corrected chi connectivity index (χ1v) is 8.56. The Morgan fingerprint density at radius 2 is 1.84 bits per heavy atom. The van der Waals surface area contributed by atoms with Gasteiger partial charge in [-0.2, -0.15) is 0 Å². The van der Waals surface area contributed by atoms with E-state index in [2.05, 4.69) is 5.32 Å². The van der Waals surface area contributed by atoms with E-state index in [0.29, 0.717) is 5.56 Å². The monoisotopic (exact) mass is 363 g/mol. The van der Waals surface area contributed by atoms with Crippen LogP contribution >= 0.6 is 0 Å². The molecule has 25 heavy (non-hydrogen) atoms. The van der Waals surface area contributed by atoms with Crippen LogP contribution in [0.25, 0.3) is 0 Å². The average Bonchev–Trinajstić information content (AvgIpc) is 2.56. The quantitative estimate of drug-likeness (QED) is 0.768. The molecule has 0 saturated carbocycles. The summed E-state index contributed by atoms with van der Waals surface area (Å²) in [5, 5.41) is 11.5. The molecule has 9 nitrogen and oxygen atoms in total. The number of hydrogen-bond donors (Lipinski definition) is 2. The van der Waals surface area contributed by atoms with Gasteiger partial charge in [0, 0.05) is 13.2 Å². The molecule has 1 aromatic heterocycles. The van der Waals surface area contributed by atoms with Gasteiger partial charge in [0.25, 0.3) is 5.56 Å². The van der Waals surface area contributed by atoms with Crippen LogP contribution in [0.1, 0.15) is 5.56 Å². The van der Waals surface area contributed by atoms with Gasteiger partial charge in [-0.1, -0.05) is 30.3 Å². The predicted molar refractivity (Wildman–Crippen MR) is 88.0 cm³/mol. The van der Waals surface area contributed by atoms with E-state index in [1.54, 1.807) is 30.3 Å². The minimum atomic E-state index is -4.56. The Hall–Kier alpha value is -3.14. The Morgan fingerprint density at radius 1 is 1.20 bits per heavy atom. The predicted octanol–water partition coefficient (Wildman–Crippen LogP) is -0.280. The van der Waals surface area contributed by atoms with Crippen LogP contribution in [-0.4, -0.2) is 28.6 Å². The first kappa shape index (κ1) is 16.7. The molecule has 130 valence electrons. The van der Waals surface area contributed by atoms with Crippen molar-refractivity contribution in [2.75, 3.05) is 5.32 Å². The average molecular weight is 363 g/mol. The van der Waals surface area contributed by atoms with E-state index in [1.807, 2.05) is 0 Å². The van der Waals surface area contributed by atoms with E-state index in [9.17, 15) is 22.8 Å². The van der Waals surface area contributed by atoms with Gasteiger partial charge in [0.15, 0.2) is 9.80 Å². The minimum Gasteiger partial charge on any atom is -0.477 e. The maximum Gasteiger partial charge on any atom is 0.349 e. The number of aliphatic carboxylic acids is 1. The van der Waals surface area contributed by atoms with Gasteiger partial charge in [-0.25, -0.2) is 18.0 Å². The van der Waals surface area contributed by atoms with Gasteiger partial charge in [0.2, 0.25) is 9.84 Å². The summed E-state index contributed by atoms with van der Waals surface area (Å²) in [5.74, 6) is -1.95. The fourth-order valence-electron chi connectivity index (χ4n) is 2.55. The van der Waals surface area contributed by atoms with E-state index in [-0.39, 0.29) is 12.4 Å². The lowest BCUT2D eigenvalue weighted by Gasteiger charge is -2.20. The lowest BCUT2D eigenvalue weighted by atomic mass is 10.2. The summed E-state index contributed by atoms with van der Waals surface area (Å²) >= 11 is 0. The summed E-state index contributed by atoms with van der Waals surface area (Å²) in [4.78, 5) is 34.6. The van der Waals surface area contributed by atoms with Gasteiger partial charge in [-0.15, -0.1) is 0 Å². The summed E-state index contributed by atoms with van der Waals surface area (Å²) in [6, 6.07) is 8.55. The molecule has 2 N–H and O–H groups in total. The largest absolute Gasteiger partial charge is 0.477 e. The minimum absolute atomic E-state index is 0.138. The number of aromatic nitrogens is 2. The van der Waals surface area contributed by atoms with Crippen LogP contribution in [0.4, 0.5) is 5.82 Å². The lowest BCUT2D eigenvalue weighted by Crippen LogP contribution is -2.44. The van der Waals surface area contributed by atoms with Crippen LogP contribution < -0.4 is 16.6 Å². The highest BCUT2D eigenvalue weighted by molar-refractivity contribution is 7.96. The van der Waals surface area contributed by atoms with Crippen molar-refractivity contribution in [1.29, 1.82) is 0 Å². The molecular formula is C15H13N3O6S.